The molecule has 0 bridgehead atoms. The number of nitro benzene ring substituents is 1. The molecule has 24 heavy (non-hydrogen) atoms. The van der Waals surface area contributed by atoms with Gasteiger partial charge in [-0.15, -0.1) is 0 Å². The lowest BCUT2D eigenvalue weighted by Gasteiger charge is -2.11. The molecule has 0 aliphatic carbocycles. The van der Waals surface area contributed by atoms with Crippen LogP contribution in [0.5, 0.6) is 0 Å². The SMILES string of the molecule is Cc1cc(Cc2ccc3nonc3c2[N+](=O)[O-])cc(C(F)(F)F)c1. The number of hydrogen-bond acceptors (Lipinski definition) is 5. The fraction of sp³-hybridized carbons (Fsp3) is 0.200. The first-order valence-corrected chi connectivity index (χ1v) is 6.82. The largest absolute Gasteiger partial charge is 0.416 e. The number of aromatic nitrogens is 2. The first-order chi connectivity index (χ1) is 11.3. The number of alkyl halides is 3. The van der Waals surface area contributed by atoms with Gasteiger partial charge in [-0.25, -0.2) is 4.63 Å². The molecule has 6 nitrogen and oxygen atoms in total. The molecule has 0 unspecified atom stereocenters. The highest BCUT2D eigenvalue weighted by molar-refractivity contribution is 5.85. The van der Waals surface area contributed by atoms with Crippen LogP contribution in [0.2, 0.25) is 0 Å². The third-order valence-corrected chi connectivity index (χ3v) is 3.53. The third kappa shape index (κ3) is 2.92. The third-order valence-electron chi connectivity index (χ3n) is 3.53. The summed E-state index contributed by atoms with van der Waals surface area (Å²) >= 11 is 0. The van der Waals surface area contributed by atoms with E-state index in [-0.39, 0.29) is 28.7 Å². The van der Waals surface area contributed by atoms with Gasteiger partial charge in [0.1, 0.15) is 5.52 Å². The maximum absolute atomic E-state index is 12.9. The number of fused-ring (bicyclic) bond motifs is 1. The Balaban J connectivity index is 2.09. The lowest BCUT2D eigenvalue weighted by atomic mass is 9.98. The average Bonchev–Trinajstić information content (AvgIpc) is 2.93. The molecule has 0 amide bonds. The zero-order valence-electron chi connectivity index (χ0n) is 12.3. The van der Waals surface area contributed by atoms with E-state index in [4.69, 9.17) is 0 Å². The minimum absolute atomic E-state index is 0.0267. The number of nitrogens with zero attached hydrogens (tertiary/aromatic N) is 3. The fourth-order valence-electron chi connectivity index (χ4n) is 2.57. The van der Waals surface area contributed by atoms with Crippen molar-refractivity contribution in [3.8, 4) is 0 Å². The van der Waals surface area contributed by atoms with Crippen molar-refractivity contribution in [2.45, 2.75) is 19.5 Å². The van der Waals surface area contributed by atoms with Crippen LogP contribution in [0.1, 0.15) is 22.3 Å². The zero-order valence-corrected chi connectivity index (χ0v) is 12.3. The molecule has 1 aromatic heterocycles. The Kier molecular flexibility index (Phi) is 3.70. The number of hydrogen-bond donors (Lipinski definition) is 0. The van der Waals surface area contributed by atoms with Gasteiger partial charge in [0.15, 0.2) is 0 Å². The molecular weight excluding hydrogens is 327 g/mol. The zero-order chi connectivity index (χ0) is 17.5. The second kappa shape index (κ2) is 5.59. The number of aryl methyl sites for hydroxylation is 1. The molecule has 0 fully saturated rings. The van der Waals surface area contributed by atoms with Crippen molar-refractivity contribution in [2.24, 2.45) is 0 Å². The van der Waals surface area contributed by atoms with Crippen LogP contribution < -0.4 is 0 Å². The summed E-state index contributed by atoms with van der Waals surface area (Å²) in [4.78, 5) is 10.7. The van der Waals surface area contributed by atoms with Crippen molar-refractivity contribution >= 4 is 16.7 Å². The van der Waals surface area contributed by atoms with Crippen LogP contribution in [0, 0.1) is 17.0 Å². The predicted molar refractivity (Wildman–Crippen MR) is 77.4 cm³/mol. The van der Waals surface area contributed by atoms with Gasteiger partial charge < -0.3 is 0 Å². The molecule has 3 rings (SSSR count). The smallest absolute Gasteiger partial charge is 0.258 e. The predicted octanol–water partition coefficient (Wildman–Crippen LogP) is 4.05. The standard InChI is InChI=1S/C15H10F3N3O3/c1-8-4-9(7-11(5-8)15(16,17)18)6-10-2-3-12-13(20-24-19-12)14(10)21(22)23/h2-5,7H,6H2,1H3. The number of nitro groups is 1. The van der Waals surface area contributed by atoms with E-state index in [1.54, 1.807) is 6.07 Å². The molecule has 9 heteroatoms. The molecule has 2 aromatic carbocycles. The van der Waals surface area contributed by atoms with Gasteiger partial charge in [0.25, 0.3) is 0 Å². The van der Waals surface area contributed by atoms with Gasteiger partial charge in [-0.2, -0.15) is 13.2 Å². The molecule has 0 spiro atoms. The van der Waals surface area contributed by atoms with Crippen molar-refractivity contribution in [3.05, 3.63) is 62.7 Å². The Labute approximate surface area is 133 Å². The van der Waals surface area contributed by atoms with Crippen LogP contribution in [-0.4, -0.2) is 15.2 Å². The monoisotopic (exact) mass is 337 g/mol. The van der Waals surface area contributed by atoms with E-state index in [0.29, 0.717) is 11.1 Å². The molecule has 0 saturated carbocycles. The highest BCUT2D eigenvalue weighted by atomic mass is 19.4. The average molecular weight is 337 g/mol. The molecule has 0 aliphatic heterocycles. The van der Waals surface area contributed by atoms with Gasteiger partial charge in [-0.1, -0.05) is 11.6 Å². The lowest BCUT2D eigenvalue weighted by Crippen LogP contribution is -2.06. The highest BCUT2D eigenvalue weighted by Gasteiger charge is 2.31. The molecular formula is C15H10F3N3O3. The fourth-order valence-corrected chi connectivity index (χ4v) is 2.57. The first kappa shape index (κ1) is 15.9. The Morgan fingerprint density at radius 1 is 1.21 bits per heavy atom. The topological polar surface area (TPSA) is 82.1 Å². The van der Waals surface area contributed by atoms with E-state index < -0.39 is 16.7 Å². The van der Waals surface area contributed by atoms with Crippen molar-refractivity contribution in [3.63, 3.8) is 0 Å². The minimum atomic E-state index is -4.48. The van der Waals surface area contributed by atoms with Gasteiger partial charge in [-0.05, 0) is 47.1 Å². The number of benzene rings is 2. The Morgan fingerprint density at radius 2 is 1.96 bits per heavy atom. The number of rotatable bonds is 3. The molecule has 0 saturated heterocycles. The second-order valence-electron chi connectivity index (χ2n) is 5.34. The van der Waals surface area contributed by atoms with Crippen LogP contribution in [0.15, 0.2) is 35.0 Å². The van der Waals surface area contributed by atoms with Crippen LogP contribution in [0.3, 0.4) is 0 Å². The Morgan fingerprint density at radius 3 is 2.62 bits per heavy atom. The summed E-state index contributed by atoms with van der Waals surface area (Å²) in [6, 6.07) is 6.50. The highest BCUT2D eigenvalue weighted by Crippen LogP contribution is 2.33. The van der Waals surface area contributed by atoms with Gasteiger partial charge in [-0.3, -0.25) is 10.1 Å². The second-order valence-corrected chi connectivity index (χ2v) is 5.34. The van der Waals surface area contributed by atoms with Crippen LogP contribution >= 0.6 is 0 Å². The quantitative estimate of drug-likeness (QED) is 0.532. The summed E-state index contributed by atoms with van der Waals surface area (Å²) < 4.78 is 43.3. The van der Waals surface area contributed by atoms with E-state index in [1.807, 2.05) is 0 Å². The van der Waals surface area contributed by atoms with Crippen LogP contribution in [-0.2, 0) is 12.6 Å². The van der Waals surface area contributed by atoms with Gasteiger partial charge in [0.05, 0.1) is 10.5 Å². The van der Waals surface area contributed by atoms with Crippen molar-refractivity contribution in [2.75, 3.05) is 0 Å². The van der Waals surface area contributed by atoms with E-state index in [2.05, 4.69) is 14.9 Å². The summed E-state index contributed by atoms with van der Waals surface area (Å²) in [6.07, 6.45) is -4.52. The van der Waals surface area contributed by atoms with Crippen LogP contribution in [0.4, 0.5) is 18.9 Å². The van der Waals surface area contributed by atoms with Crippen molar-refractivity contribution in [1.82, 2.24) is 10.3 Å². The van der Waals surface area contributed by atoms with E-state index in [0.717, 1.165) is 12.1 Å². The summed E-state index contributed by atoms with van der Waals surface area (Å²) in [7, 11) is 0. The summed E-state index contributed by atoms with van der Waals surface area (Å²) in [6.45, 7) is 1.54. The van der Waals surface area contributed by atoms with Crippen molar-refractivity contribution < 1.29 is 22.7 Å². The minimum Gasteiger partial charge on any atom is -0.258 e. The first-order valence-electron chi connectivity index (χ1n) is 6.82. The summed E-state index contributed by atoms with van der Waals surface area (Å²) in [5.74, 6) is 0. The summed E-state index contributed by atoms with van der Waals surface area (Å²) in [5, 5.41) is 18.4. The molecule has 1 heterocycles. The van der Waals surface area contributed by atoms with Gasteiger partial charge in [0.2, 0.25) is 5.52 Å². The van der Waals surface area contributed by atoms with Gasteiger partial charge in [0, 0.05) is 12.0 Å². The maximum Gasteiger partial charge on any atom is 0.416 e. The van der Waals surface area contributed by atoms with Gasteiger partial charge >= 0.3 is 11.9 Å². The lowest BCUT2D eigenvalue weighted by molar-refractivity contribution is -0.383. The maximum atomic E-state index is 12.9. The Bertz CT molecular complexity index is 935. The van der Waals surface area contributed by atoms with Crippen molar-refractivity contribution in [1.29, 1.82) is 0 Å². The molecule has 0 N–H and O–H groups in total. The molecule has 3 aromatic rings. The van der Waals surface area contributed by atoms with E-state index >= 15 is 0 Å². The van der Waals surface area contributed by atoms with E-state index in [9.17, 15) is 23.3 Å². The van der Waals surface area contributed by atoms with Crippen LogP contribution in [0.25, 0.3) is 11.0 Å². The number of halogens is 3. The molecule has 0 radical (unpaired) electrons. The molecule has 0 atom stereocenters. The summed E-state index contributed by atoms with van der Waals surface area (Å²) in [5.41, 5.74) is 0.0647. The Hall–Kier alpha value is -2.97. The molecule has 124 valence electrons. The molecule has 0 aliphatic rings. The van der Waals surface area contributed by atoms with E-state index in [1.165, 1.54) is 19.1 Å². The normalized spacial score (nSPS) is 11.8.